The van der Waals surface area contributed by atoms with Gasteiger partial charge < -0.3 is 15.2 Å². The van der Waals surface area contributed by atoms with Gasteiger partial charge in [0.05, 0.1) is 11.0 Å². The smallest absolute Gasteiger partial charge is 0.312 e. The van der Waals surface area contributed by atoms with Crippen molar-refractivity contribution in [2.75, 3.05) is 11.9 Å². The van der Waals surface area contributed by atoms with Crippen molar-refractivity contribution in [1.82, 2.24) is 0 Å². The van der Waals surface area contributed by atoms with Crippen molar-refractivity contribution in [3.63, 3.8) is 0 Å². The first-order valence-corrected chi connectivity index (χ1v) is 11.2. The van der Waals surface area contributed by atoms with Gasteiger partial charge >= 0.3 is 5.97 Å². The molecule has 2 aromatic rings. The van der Waals surface area contributed by atoms with Gasteiger partial charge in [-0.05, 0) is 74.0 Å². The van der Waals surface area contributed by atoms with Gasteiger partial charge in [-0.3, -0.25) is 9.59 Å². The zero-order valence-electron chi connectivity index (χ0n) is 17.7. The molecule has 4 aliphatic carbocycles. The van der Waals surface area contributed by atoms with Gasteiger partial charge in [-0.2, -0.15) is 0 Å². The van der Waals surface area contributed by atoms with E-state index in [0.717, 1.165) is 48.9 Å². The topological polar surface area (TPSA) is 75.6 Å². The molecule has 4 atom stereocenters. The Hall–Kier alpha value is -2.66. The SMILES string of the molecule is O=C(COC(=O)C12C[C@@H]3C[C@@H](CC(O)(C3)C1)C2)Nc1ccccc1Cc1ccccc1. The van der Waals surface area contributed by atoms with Gasteiger partial charge in [0.1, 0.15) is 0 Å². The summed E-state index contributed by atoms with van der Waals surface area (Å²) in [6.07, 6.45) is 5.47. The van der Waals surface area contributed by atoms with E-state index in [1.54, 1.807) is 0 Å². The maximum atomic E-state index is 13.0. The van der Waals surface area contributed by atoms with Crippen LogP contribution in [0.3, 0.4) is 0 Å². The minimum Gasteiger partial charge on any atom is -0.455 e. The Morgan fingerprint density at radius 3 is 2.35 bits per heavy atom. The highest BCUT2D eigenvalue weighted by molar-refractivity contribution is 5.94. The Kier molecular flexibility index (Phi) is 5.09. The van der Waals surface area contributed by atoms with Crippen molar-refractivity contribution < 1.29 is 19.4 Å². The second-order valence-electron chi connectivity index (χ2n) is 9.91. The lowest BCUT2D eigenvalue weighted by atomic mass is 9.48. The fourth-order valence-corrected chi connectivity index (χ4v) is 6.54. The predicted octanol–water partition coefficient (Wildman–Crippen LogP) is 4.09. The summed E-state index contributed by atoms with van der Waals surface area (Å²) in [6, 6.07) is 17.8. The minimum absolute atomic E-state index is 0.298. The highest BCUT2D eigenvalue weighted by Gasteiger charge is 2.60. The fourth-order valence-electron chi connectivity index (χ4n) is 6.54. The average Bonchev–Trinajstić information content (AvgIpc) is 2.72. The van der Waals surface area contributed by atoms with Crippen LogP contribution in [-0.4, -0.2) is 29.2 Å². The molecule has 4 saturated carbocycles. The van der Waals surface area contributed by atoms with Crippen LogP contribution in [0.1, 0.15) is 49.7 Å². The third-order valence-electron chi connectivity index (χ3n) is 7.33. The van der Waals surface area contributed by atoms with E-state index in [4.69, 9.17) is 4.74 Å². The molecule has 4 fully saturated rings. The highest BCUT2D eigenvalue weighted by Crippen LogP contribution is 2.61. The van der Waals surface area contributed by atoms with E-state index < -0.39 is 11.0 Å². The van der Waals surface area contributed by atoms with Crippen molar-refractivity contribution in [3.8, 4) is 0 Å². The molecule has 2 unspecified atom stereocenters. The van der Waals surface area contributed by atoms with Crippen LogP contribution in [0.4, 0.5) is 5.69 Å². The van der Waals surface area contributed by atoms with Crippen LogP contribution in [-0.2, 0) is 20.7 Å². The Labute approximate surface area is 182 Å². The number of anilines is 1. The first-order chi connectivity index (χ1) is 14.9. The van der Waals surface area contributed by atoms with Crippen molar-refractivity contribution in [2.24, 2.45) is 17.3 Å². The van der Waals surface area contributed by atoms with Crippen molar-refractivity contribution in [2.45, 2.75) is 50.5 Å². The number of benzene rings is 2. The van der Waals surface area contributed by atoms with Gasteiger partial charge in [-0.15, -0.1) is 0 Å². The Morgan fingerprint density at radius 1 is 0.968 bits per heavy atom. The number of carbonyl (C=O) groups excluding carboxylic acids is 2. The van der Waals surface area contributed by atoms with Gasteiger partial charge in [0.2, 0.25) is 0 Å². The standard InChI is InChI=1S/C26H29NO4/c28-23(27-22-9-5-4-8-21(22)11-18-6-2-1-3-7-18)16-31-24(29)25-12-19-10-20(13-25)15-26(30,14-19)17-25/h1-9,19-20,30H,10-17H2,(H,27,28)/t19-,20+,25?,26?. The molecule has 4 bridgehead atoms. The van der Waals surface area contributed by atoms with Crippen LogP contribution in [0.2, 0.25) is 0 Å². The van der Waals surface area contributed by atoms with Gasteiger partial charge in [-0.1, -0.05) is 48.5 Å². The van der Waals surface area contributed by atoms with E-state index in [1.807, 2.05) is 42.5 Å². The monoisotopic (exact) mass is 419 g/mol. The number of aliphatic hydroxyl groups is 1. The van der Waals surface area contributed by atoms with Crippen LogP contribution < -0.4 is 5.32 Å². The van der Waals surface area contributed by atoms with E-state index in [-0.39, 0.29) is 18.5 Å². The maximum absolute atomic E-state index is 13.0. The zero-order valence-corrected chi connectivity index (χ0v) is 17.7. The first kappa shape index (κ1) is 20.3. The van der Waals surface area contributed by atoms with Crippen LogP contribution in [0.15, 0.2) is 54.6 Å². The molecule has 0 radical (unpaired) electrons. The quantitative estimate of drug-likeness (QED) is 0.692. The number of para-hydroxylation sites is 1. The van der Waals surface area contributed by atoms with Gasteiger partial charge in [-0.25, -0.2) is 0 Å². The number of nitrogens with one attached hydrogen (secondary N) is 1. The van der Waals surface area contributed by atoms with Crippen molar-refractivity contribution >= 4 is 17.6 Å². The number of hydrogen-bond donors (Lipinski definition) is 2. The molecule has 5 heteroatoms. The predicted molar refractivity (Wildman–Crippen MR) is 117 cm³/mol. The molecule has 2 N–H and O–H groups in total. The summed E-state index contributed by atoms with van der Waals surface area (Å²) < 4.78 is 5.50. The first-order valence-electron chi connectivity index (χ1n) is 11.2. The molecule has 0 aromatic heterocycles. The molecule has 31 heavy (non-hydrogen) atoms. The normalized spacial score (nSPS) is 30.7. The summed E-state index contributed by atoms with van der Waals surface area (Å²) in [6.45, 7) is -0.298. The lowest BCUT2D eigenvalue weighted by Crippen LogP contribution is -2.58. The average molecular weight is 420 g/mol. The van der Waals surface area contributed by atoms with E-state index in [1.165, 1.54) is 0 Å². The number of ether oxygens (including phenoxy) is 1. The zero-order chi connectivity index (χ0) is 21.5. The number of esters is 1. The molecular weight excluding hydrogens is 390 g/mol. The summed E-state index contributed by atoms with van der Waals surface area (Å²) >= 11 is 0. The molecular formula is C26H29NO4. The second-order valence-corrected chi connectivity index (χ2v) is 9.91. The number of amides is 1. The second kappa shape index (κ2) is 7.79. The van der Waals surface area contributed by atoms with Crippen LogP contribution in [0.5, 0.6) is 0 Å². The Balaban J connectivity index is 1.21. The number of rotatable bonds is 6. The third kappa shape index (κ3) is 4.11. The highest BCUT2D eigenvalue weighted by atomic mass is 16.5. The van der Waals surface area contributed by atoms with E-state index in [9.17, 15) is 14.7 Å². The number of hydrogen-bond acceptors (Lipinski definition) is 4. The Bertz CT molecular complexity index is 972. The molecule has 0 spiro atoms. The molecule has 0 heterocycles. The van der Waals surface area contributed by atoms with Crippen LogP contribution >= 0.6 is 0 Å². The Morgan fingerprint density at radius 2 is 1.65 bits per heavy atom. The number of carbonyl (C=O) groups is 2. The molecule has 2 aromatic carbocycles. The van der Waals surface area contributed by atoms with Crippen molar-refractivity contribution in [1.29, 1.82) is 0 Å². The van der Waals surface area contributed by atoms with Gasteiger partial charge in [0.15, 0.2) is 6.61 Å². The summed E-state index contributed by atoms with van der Waals surface area (Å²) in [5.41, 5.74) is 1.58. The summed E-state index contributed by atoms with van der Waals surface area (Å²) in [5.74, 6) is 0.153. The maximum Gasteiger partial charge on any atom is 0.312 e. The molecule has 5 nitrogen and oxygen atoms in total. The lowest BCUT2D eigenvalue weighted by Gasteiger charge is -2.58. The summed E-state index contributed by atoms with van der Waals surface area (Å²) in [7, 11) is 0. The summed E-state index contributed by atoms with van der Waals surface area (Å²) in [5, 5.41) is 13.8. The van der Waals surface area contributed by atoms with E-state index in [0.29, 0.717) is 24.7 Å². The van der Waals surface area contributed by atoms with Crippen LogP contribution in [0, 0.1) is 17.3 Å². The molecule has 162 valence electrons. The van der Waals surface area contributed by atoms with E-state index >= 15 is 0 Å². The van der Waals surface area contributed by atoms with E-state index in [2.05, 4.69) is 17.4 Å². The summed E-state index contributed by atoms with van der Waals surface area (Å²) in [4.78, 5) is 25.6. The van der Waals surface area contributed by atoms with Crippen LogP contribution in [0.25, 0.3) is 0 Å². The van der Waals surface area contributed by atoms with Gasteiger partial charge in [0.25, 0.3) is 5.91 Å². The molecule has 0 saturated heterocycles. The lowest BCUT2D eigenvalue weighted by molar-refractivity contribution is -0.196. The molecule has 1 amide bonds. The fraction of sp³-hybridized carbons (Fsp3) is 0.462. The van der Waals surface area contributed by atoms with Gasteiger partial charge in [0, 0.05) is 5.69 Å². The molecule has 4 aliphatic rings. The van der Waals surface area contributed by atoms with Crippen molar-refractivity contribution in [3.05, 3.63) is 65.7 Å². The molecule has 6 rings (SSSR count). The minimum atomic E-state index is -0.720. The molecule has 0 aliphatic heterocycles. The third-order valence-corrected chi connectivity index (χ3v) is 7.33. The largest absolute Gasteiger partial charge is 0.455 e.